The van der Waals surface area contributed by atoms with Crippen molar-refractivity contribution in [2.24, 2.45) is 0 Å². The second-order valence-corrected chi connectivity index (χ2v) is 10.9. The van der Waals surface area contributed by atoms with E-state index < -0.39 is 57.9 Å². The summed E-state index contributed by atoms with van der Waals surface area (Å²) in [6, 6.07) is 27.6. The van der Waals surface area contributed by atoms with Crippen molar-refractivity contribution in [1.29, 1.82) is 0 Å². The molecule has 0 unspecified atom stereocenters. The summed E-state index contributed by atoms with van der Waals surface area (Å²) in [7, 11) is 0. The van der Waals surface area contributed by atoms with E-state index in [4.69, 9.17) is 0 Å². The van der Waals surface area contributed by atoms with Crippen LogP contribution in [-0.4, -0.2) is 44.3 Å². The molecular formula is C37H26N6O8. The predicted molar refractivity (Wildman–Crippen MR) is 188 cm³/mol. The Morgan fingerprint density at radius 1 is 0.686 bits per heavy atom. The zero-order valence-electron chi connectivity index (χ0n) is 26.3. The lowest BCUT2D eigenvalue weighted by Crippen LogP contribution is -2.54. The van der Waals surface area contributed by atoms with Gasteiger partial charge in [-0.25, -0.2) is 19.1 Å². The number of carbonyl (C=O) groups excluding carboxylic acids is 5. The highest BCUT2D eigenvalue weighted by molar-refractivity contribution is 6.37. The van der Waals surface area contributed by atoms with E-state index in [1.807, 2.05) is 0 Å². The molecule has 4 aromatic carbocycles. The quantitative estimate of drug-likeness (QED) is 0.120. The number of aromatic amines is 1. The summed E-state index contributed by atoms with van der Waals surface area (Å²) >= 11 is 0. The number of imide groups is 2. The number of rotatable bonds is 8. The fraction of sp³-hybridized carbons (Fsp3) is 0. The fourth-order valence-corrected chi connectivity index (χ4v) is 5.11. The van der Waals surface area contributed by atoms with Crippen molar-refractivity contribution >= 4 is 52.8 Å². The lowest BCUT2D eigenvalue weighted by molar-refractivity contribution is -0.122. The summed E-state index contributed by atoms with van der Waals surface area (Å²) in [5.74, 6) is -3.64. The molecule has 1 fully saturated rings. The maximum absolute atomic E-state index is 13.5. The number of carbonyl (C=O) groups is 5. The number of nitrogens with zero attached hydrogens (tertiary/aromatic N) is 2. The molecule has 1 aromatic heterocycles. The number of aromatic nitrogens is 2. The van der Waals surface area contributed by atoms with Crippen LogP contribution >= 0.6 is 0 Å². The molecule has 14 heteroatoms. The highest BCUT2D eigenvalue weighted by Crippen LogP contribution is 2.24. The molecule has 0 bridgehead atoms. The number of barbiturate groups is 1. The number of amides is 6. The van der Waals surface area contributed by atoms with E-state index in [1.54, 1.807) is 72.8 Å². The van der Waals surface area contributed by atoms with Gasteiger partial charge in [0.05, 0.1) is 11.4 Å². The topological polar surface area (TPSA) is 200 Å². The van der Waals surface area contributed by atoms with Crippen LogP contribution in [0, 0.1) is 0 Å². The van der Waals surface area contributed by atoms with E-state index >= 15 is 0 Å². The molecule has 1 aliphatic rings. The van der Waals surface area contributed by atoms with Crippen LogP contribution in [0.25, 0.3) is 11.8 Å². The van der Waals surface area contributed by atoms with Crippen LogP contribution < -0.4 is 32.1 Å². The summed E-state index contributed by atoms with van der Waals surface area (Å²) in [5.41, 5.74) is -1.36. The maximum atomic E-state index is 13.5. The Bertz CT molecular complexity index is 2400. The van der Waals surface area contributed by atoms with Gasteiger partial charge in [-0.15, -0.1) is 0 Å². The fourth-order valence-electron chi connectivity index (χ4n) is 5.11. The number of H-pyrrole nitrogens is 1. The van der Waals surface area contributed by atoms with Crippen LogP contribution in [0.2, 0.25) is 0 Å². The molecule has 5 N–H and O–H groups in total. The highest BCUT2D eigenvalue weighted by Gasteiger charge is 2.36. The van der Waals surface area contributed by atoms with Crippen LogP contribution in [0.4, 0.5) is 21.9 Å². The summed E-state index contributed by atoms with van der Waals surface area (Å²) in [6.07, 6.45) is 3.22. The molecule has 0 saturated carbocycles. The van der Waals surface area contributed by atoms with E-state index in [2.05, 4.69) is 20.9 Å². The Balaban J connectivity index is 1.25. The number of hydrogen-bond acceptors (Lipinski definition) is 8. The van der Waals surface area contributed by atoms with Crippen molar-refractivity contribution in [2.45, 2.75) is 0 Å². The molecule has 14 nitrogen and oxygen atoms in total. The molecule has 5 aromatic rings. The molecule has 1 aliphatic heterocycles. The van der Waals surface area contributed by atoms with Crippen molar-refractivity contribution < 1.29 is 29.1 Å². The van der Waals surface area contributed by atoms with Crippen LogP contribution in [0.1, 0.15) is 26.3 Å². The van der Waals surface area contributed by atoms with Crippen molar-refractivity contribution in [1.82, 2.24) is 14.9 Å². The molecule has 51 heavy (non-hydrogen) atoms. The molecule has 6 rings (SSSR count). The molecular weight excluding hydrogens is 656 g/mol. The van der Waals surface area contributed by atoms with Gasteiger partial charge < -0.3 is 15.7 Å². The smallest absolute Gasteiger partial charge is 0.335 e. The Labute approximate surface area is 288 Å². The third-order valence-corrected chi connectivity index (χ3v) is 7.54. The minimum atomic E-state index is -1.03. The van der Waals surface area contributed by atoms with E-state index in [0.717, 1.165) is 22.8 Å². The summed E-state index contributed by atoms with van der Waals surface area (Å²) in [5, 5.41) is 17.9. The van der Waals surface area contributed by atoms with Gasteiger partial charge in [0, 0.05) is 22.5 Å². The van der Waals surface area contributed by atoms with Crippen LogP contribution in [0.15, 0.2) is 137 Å². The number of hydrogen-bond donors (Lipinski definition) is 5. The molecule has 0 spiro atoms. The van der Waals surface area contributed by atoms with E-state index in [0.29, 0.717) is 16.0 Å². The average molecular weight is 683 g/mol. The number of allylic oxidation sites excluding steroid dienone is 2. The Morgan fingerprint density at radius 3 is 1.82 bits per heavy atom. The molecule has 252 valence electrons. The first-order valence-electron chi connectivity index (χ1n) is 15.2. The van der Waals surface area contributed by atoms with Crippen molar-refractivity contribution in [3.8, 4) is 11.6 Å². The molecule has 0 aliphatic carbocycles. The lowest BCUT2D eigenvalue weighted by Gasteiger charge is -2.26. The normalized spacial score (nSPS) is 13.7. The number of benzene rings is 4. The summed E-state index contributed by atoms with van der Waals surface area (Å²) < 4.78 is 0.729. The predicted octanol–water partition coefficient (Wildman–Crippen LogP) is 3.96. The van der Waals surface area contributed by atoms with Gasteiger partial charge in [0.15, 0.2) is 0 Å². The second-order valence-electron chi connectivity index (χ2n) is 10.9. The van der Waals surface area contributed by atoms with Crippen LogP contribution in [0.5, 0.6) is 5.88 Å². The number of urea groups is 1. The van der Waals surface area contributed by atoms with Gasteiger partial charge in [-0.05, 0) is 72.8 Å². The van der Waals surface area contributed by atoms with Crippen molar-refractivity contribution in [2.75, 3.05) is 15.5 Å². The number of nitrogens with one attached hydrogen (secondary N) is 4. The van der Waals surface area contributed by atoms with Gasteiger partial charge in [0.2, 0.25) is 5.88 Å². The molecule has 2 heterocycles. The third-order valence-electron chi connectivity index (χ3n) is 7.54. The van der Waals surface area contributed by atoms with Gasteiger partial charge in [0.1, 0.15) is 11.1 Å². The summed E-state index contributed by atoms with van der Waals surface area (Å²) in [6.45, 7) is 0. The third kappa shape index (κ3) is 7.14. The molecule has 0 atom stereocenters. The van der Waals surface area contributed by atoms with E-state index in [9.17, 15) is 38.7 Å². The minimum Gasteiger partial charge on any atom is -0.494 e. The highest BCUT2D eigenvalue weighted by atomic mass is 16.3. The molecule has 1 saturated heterocycles. The van der Waals surface area contributed by atoms with Gasteiger partial charge in [-0.2, -0.15) is 0 Å². The first-order valence-corrected chi connectivity index (χ1v) is 15.2. The van der Waals surface area contributed by atoms with Crippen molar-refractivity contribution in [3.05, 3.63) is 164 Å². The maximum Gasteiger partial charge on any atom is 0.335 e. The number of aromatic hydroxyl groups is 1. The number of anilines is 3. The van der Waals surface area contributed by atoms with E-state index in [1.165, 1.54) is 36.4 Å². The Kier molecular flexibility index (Phi) is 9.30. The van der Waals surface area contributed by atoms with Crippen LogP contribution in [0.3, 0.4) is 0 Å². The second kappa shape index (κ2) is 14.2. The standard InChI is InChI=1S/C37H26N6O8/c44-30(22-10-3-1-4-11-22)38-24-14-7-16-26(20-24)42-34(48)28(32(46)40-36(42)50)18-9-19-29-33(47)41-37(51)43(35(29)49)27-17-8-15-25(21-27)39-31(45)23-12-5-2-6-13-23/h1-21,46H,(H,38,44)(H,39,45)(H,40,50)(H,41,47,51). The summed E-state index contributed by atoms with van der Waals surface area (Å²) in [4.78, 5) is 93.3. The monoisotopic (exact) mass is 682 g/mol. The van der Waals surface area contributed by atoms with Crippen molar-refractivity contribution in [3.63, 3.8) is 0 Å². The van der Waals surface area contributed by atoms with Gasteiger partial charge >= 0.3 is 11.7 Å². The minimum absolute atomic E-state index is 0.0501. The van der Waals surface area contributed by atoms with Gasteiger partial charge in [-0.3, -0.25) is 34.3 Å². The lowest BCUT2D eigenvalue weighted by atomic mass is 10.1. The van der Waals surface area contributed by atoms with Gasteiger partial charge in [-0.1, -0.05) is 54.6 Å². The first-order chi connectivity index (χ1) is 24.6. The molecule has 6 amide bonds. The SMILES string of the molecule is O=C1NC(=O)N(c2cccc(NC(=O)c3ccccc3)c2)C(=O)C1=CC=Cc1c(O)[nH]c(=O)n(-c2cccc(NC(=O)c3ccccc3)c2)c1=O. The zero-order chi connectivity index (χ0) is 36.1. The largest absolute Gasteiger partial charge is 0.494 e. The molecule has 0 radical (unpaired) electrons. The zero-order valence-corrected chi connectivity index (χ0v) is 26.3. The van der Waals surface area contributed by atoms with Gasteiger partial charge in [0.25, 0.3) is 29.2 Å². The first kappa shape index (κ1) is 33.3. The van der Waals surface area contributed by atoms with Crippen LogP contribution in [-0.2, 0) is 9.59 Å². The Hall–Kier alpha value is -7.61. The van der Waals surface area contributed by atoms with E-state index in [-0.39, 0.29) is 22.7 Å². The Morgan fingerprint density at radius 2 is 1.24 bits per heavy atom. The average Bonchev–Trinajstić information content (AvgIpc) is 3.11.